The second kappa shape index (κ2) is 5.76. The molecule has 0 bridgehead atoms. The number of carboxylic acid groups (broad SMARTS) is 1. The minimum absolute atomic E-state index is 0.00238. The van der Waals surface area contributed by atoms with Crippen molar-refractivity contribution < 1.29 is 19.1 Å². The summed E-state index contributed by atoms with van der Waals surface area (Å²) in [7, 11) is 0. The number of hydrogen-bond acceptors (Lipinski definition) is 5. The highest BCUT2D eigenvalue weighted by Gasteiger charge is 2.24. The fourth-order valence-corrected chi connectivity index (χ4v) is 2.99. The summed E-state index contributed by atoms with van der Waals surface area (Å²) in [6.07, 6.45) is 3.62. The zero-order valence-corrected chi connectivity index (χ0v) is 11.7. The lowest BCUT2D eigenvalue weighted by atomic mass is 10.0. The molecule has 0 spiro atoms. The van der Waals surface area contributed by atoms with Gasteiger partial charge in [-0.15, -0.1) is 11.3 Å². The van der Waals surface area contributed by atoms with Gasteiger partial charge in [0.15, 0.2) is 5.69 Å². The van der Waals surface area contributed by atoms with Crippen LogP contribution in [0, 0.1) is 0 Å². The quantitative estimate of drug-likeness (QED) is 0.937. The lowest BCUT2D eigenvalue weighted by Crippen LogP contribution is -2.22. The number of rotatable bonds is 4. The molecular formula is C14H15NO4S. The van der Waals surface area contributed by atoms with E-state index in [1.165, 1.54) is 11.3 Å². The van der Waals surface area contributed by atoms with E-state index in [9.17, 15) is 9.90 Å². The summed E-state index contributed by atoms with van der Waals surface area (Å²) in [5, 5.41) is 11.2. The van der Waals surface area contributed by atoms with Gasteiger partial charge in [0.25, 0.3) is 0 Å². The maximum atomic E-state index is 11.3. The minimum atomic E-state index is -1.05. The average molecular weight is 293 g/mol. The number of aromatic nitrogens is 1. The molecule has 1 aliphatic heterocycles. The third-order valence-electron chi connectivity index (χ3n) is 3.32. The molecule has 5 nitrogen and oxygen atoms in total. The van der Waals surface area contributed by atoms with Gasteiger partial charge in [0.1, 0.15) is 5.76 Å². The molecule has 3 heterocycles. The largest absolute Gasteiger partial charge is 0.476 e. The van der Waals surface area contributed by atoms with E-state index in [1.807, 2.05) is 17.5 Å². The van der Waals surface area contributed by atoms with Crippen molar-refractivity contribution in [2.24, 2.45) is 0 Å². The van der Waals surface area contributed by atoms with Gasteiger partial charge >= 0.3 is 5.97 Å². The molecule has 1 aliphatic rings. The first-order valence-corrected chi connectivity index (χ1v) is 7.50. The van der Waals surface area contributed by atoms with Crippen LogP contribution in [0.15, 0.2) is 21.9 Å². The Morgan fingerprint density at radius 2 is 2.40 bits per heavy atom. The zero-order chi connectivity index (χ0) is 13.9. The molecule has 0 radical (unpaired) electrons. The first kappa shape index (κ1) is 13.3. The van der Waals surface area contributed by atoms with Crippen LogP contribution < -0.4 is 0 Å². The van der Waals surface area contributed by atoms with Gasteiger partial charge in [-0.05, 0) is 30.7 Å². The van der Waals surface area contributed by atoms with Crippen molar-refractivity contribution in [1.82, 2.24) is 4.98 Å². The van der Waals surface area contributed by atoms with Crippen LogP contribution in [0.25, 0.3) is 10.8 Å². The molecule has 3 rings (SSSR count). The Morgan fingerprint density at radius 3 is 3.05 bits per heavy atom. The van der Waals surface area contributed by atoms with Crippen molar-refractivity contribution in [2.75, 3.05) is 6.61 Å². The Morgan fingerprint density at radius 1 is 1.50 bits per heavy atom. The van der Waals surface area contributed by atoms with Gasteiger partial charge in [-0.1, -0.05) is 6.07 Å². The summed E-state index contributed by atoms with van der Waals surface area (Å²) >= 11 is 1.48. The zero-order valence-electron chi connectivity index (χ0n) is 10.9. The highest BCUT2D eigenvalue weighted by atomic mass is 32.1. The topological polar surface area (TPSA) is 72.6 Å². The number of nitrogens with zero attached hydrogens (tertiary/aromatic N) is 1. The number of carbonyl (C=O) groups is 1. The number of carboxylic acids is 1. The van der Waals surface area contributed by atoms with Gasteiger partial charge in [-0.2, -0.15) is 0 Å². The van der Waals surface area contributed by atoms with Gasteiger partial charge in [0, 0.05) is 13.0 Å². The minimum Gasteiger partial charge on any atom is -0.476 e. The molecule has 1 N–H and O–H groups in total. The van der Waals surface area contributed by atoms with Crippen molar-refractivity contribution >= 4 is 17.3 Å². The van der Waals surface area contributed by atoms with Crippen LogP contribution in [-0.4, -0.2) is 28.8 Å². The summed E-state index contributed by atoms with van der Waals surface area (Å²) in [5.74, 6) is -0.265. The van der Waals surface area contributed by atoms with E-state index in [1.54, 1.807) is 0 Å². The highest BCUT2D eigenvalue weighted by Crippen LogP contribution is 2.28. The van der Waals surface area contributed by atoms with Gasteiger partial charge in [0.05, 0.1) is 11.0 Å². The molecule has 0 saturated carbocycles. The van der Waals surface area contributed by atoms with Crippen molar-refractivity contribution in [1.29, 1.82) is 0 Å². The first-order valence-electron chi connectivity index (χ1n) is 6.62. The first-order chi connectivity index (χ1) is 9.74. The predicted molar refractivity (Wildman–Crippen MR) is 74.1 cm³/mol. The molecule has 20 heavy (non-hydrogen) atoms. The van der Waals surface area contributed by atoms with E-state index < -0.39 is 5.97 Å². The summed E-state index contributed by atoms with van der Waals surface area (Å²) in [5.41, 5.74) is 0.00238. The monoisotopic (exact) mass is 293 g/mol. The van der Waals surface area contributed by atoms with Gasteiger partial charge < -0.3 is 14.3 Å². The molecule has 0 aliphatic carbocycles. The van der Waals surface area contributed by atoms with Crippen LogP contribution in [0.4, 0.5) is 0 Å². The molecule has 106 valence electrons. The van der Waals surface area contributed by atoms with Crippen LogP contribution in [0.2, 0.25) is 0 Å². The van der Waals surface area contributed by atoms with Gasteiger partial charge in [-0.25, -0.2) is 9.78 Å². The summed E-state index contributed by atoms with van der Waals surface area (Å²) in [6.45, 7) is 0.735. The Balaban J connectivity index is 1.86. The van der Waals surface area contributed by atoms with Crippen molar-refractivity contribution in [3.05, 3.63) is 29.0 Å². The SMILES string of the molecule is O=C(O)c1nc(-c2cccs2)oc1CC1CCCCO1. The number of oxazole rings is 1. The third kappa shape index (κ3) is 2.76. The fourth-order valence-electron chi connectivity index (χ4n) is 2.34. The lowest BCUT2D eigenvalue weighted by molar-refractivity contribution is 0.0138. The molecule has 1 saturated heterocycles. The molecule has 6 heteroatoms. The van der Waals surface area contributed by atoms with Crippen LogP contribution in [-0.2, 0) is 11.2 Å². The van der Waals surface area contributed by atoms with Gasteiger partial charge in [0.2, 0.25) is 5.89 Å². The Labute approximate surface area is 120 Å². The maximum absolute atomic E-state index is 11.3. The highest BCUT2D eigenvalue weighted by molar-refractivity contribution is 7.13. The molecule has 2 aromatic heterocycles. The van der Waals surface area contributed by atoms with E-state index >= 15 is 0 Å². The molecule has 1 fully saturated rings. The summed E-state index contributed by atoms with van der Waals surface area (Å²) in [6, 6.07) is 3.75. The van der Waals surface area contributed by atoms with Crippen LogP contribution in [0.3, 0.4) is 0 Å². The smallest absolute Gasteiger partial charge is 0.358 e. The van der Waals surface area contributed by atoms with E-state index in [2.05, 4.69) is 4.98 Å². The molecule has 0 aromatic carbocycles. The van der Waals surface area contributed by atoms with Crippen LogP contribution >= 0.6 is 11.3 Å². The summed E-state index contributed by atoms with van der Waals surface area (Å²) in [4.78, 5) is 16.2. The maximum Gasteiger partial charge on any atom is 0.358 e. The Kier molecular flexibility index (Phi) is 3.84. The van der Waals surface area contributed by atoms with E-state index in [4.69, 9.17) is 9.15 Å². The molecule has 2 aromatic rings. The van der Waals surface area contributed by atoms with Gasteiger partial charge in [-0.3, -0.25) is 0 Å². The second-order valence-electron chi connectivity index (χ2n) is 4.77. The lowest BCUT2D eigenvalue weighted by Gasteiger charge is -2.21. The standard InChI is InChI=1S/C14H15NO4S/c16-14(17)12-10(8-9-4-1-2-6-18-9)19-13(15-12)11-5-3-7-20-11/h3,5,7,9H,1-2,4,6,8H2,(H,16,17). The van der Waals surface area contributed by atoms with Crippen molar-refractivity contribution in [3.63, 3.8) is 0 Å². The number of ether oxygens (including phenoxy) is 1. The molecule has 0 amide bonds. The normalized spacial score (nSPS) is 19.1. The van der Waals surface area contributed by atoms with E-state index in [0.29, 0.717) is 18.1 Å². The summed E-state index contributed by atoms with van der Waals surface area (Å²) < 4.78 is 11.3. The third-order valence-corrected chi connectivity index (χ3v) is 4.18. The number of thiophene rings is 1. The average Bonchev–Trinajstić information content (AvgIpc) is 3.08. The number of hydrogen-bond donors (Lipinski definition) is 1. The van der Waals surface area contributed by atoms with Crippen molar-refractivity contribution in [3.8, 4) is 10.8 Å². The Hall–Kier alpha value is -1.66. The van der Waals surface area contributed by atoms with E-state index in [-0.39, 0.29) is 11.8 Å². The van der Waals surface area contributed by atoms with Crippen molar-refractivity contribution in [2.45, 2.75) is 31.8 Å². The molecule has 1 atom stereocenters. The van der Waals surface area contributed by atoms with Crippen LogP contribution in [0.5, 0.6) is 0 Å². The molecule has 1 unspecified atom stereocenters. The fraction of sp³-hybridized carbons (Fsp3) is 0.429. The predicted octanol–water partition coefficient (Wildman–Crippen LogP) is 3.21. The Bertz CT molecular complexity index is 584. The molecular weight excluding hydrogens is 278 g/mol. The number of aromatic carboxylic acids is 1. The van der Waals surface area contributed by atoms with Crippen LogP contribution in [0.1, 0.15) is 35.5 Å². The van der Waals surface area contributed by atoms with E-state index in [0.717, 1.165) is 30.7 Å². The second-order valence-corrected chi connectivity index (χ2v) is 5.71.